The lowest BCUT2D eigenvalue weighted by Gasteiger charge is -2.14. The molecule has 1 aliphatic rings. The Morgan fingerprint density at radius 3 is 2.65 bits per heavy atom. The largest absolute Gasteiger partial charge is 0.465 e. The van der Waals surface area contributed by atoms with Gasteiger partial charge in [0, 0.05) is 22.7 Å². The van der Waals surface area contributed by atoms with Crippen LogP contribution in [0.15, 0.2) is 42.5 Å². The summed E-state index contributed by atoms with van der Waals surface area (Å²) >= 11 is 0. The molecule has 4 aromatic rings. The van der Waals surface area contributed by atoms with Crippen LogP contribution in [0.1, 0.15) is 36.8 Å². The van der Waals surface area contributed by atoms with E-state index in [4.69, 9.17) is 19.2 Å². The van der Waals surface area contributed by atoms with Gasteiger partial charge in [-0.2, -0.15) is 5.10 Å². The smallest absolute Gasteiger partial charge is 0.337 e. The molecule has 0 saturated carbocycles. The molecule has 0 spiro atoms. The van der Waals surface area contributed by atoms with Crippen LogP contribution in [0.5, 0.6) is 11.5 Å². The number of ether oxygens (including phenoxy) is 3. The second-order valence-corrected chi connectivity index (χ2v) is 8.42. The van der Waals surface area contributed by atoms with Gasteiger partial charge in [-0.25, -0.2) is 9.78 Å². The maximum Gasteiger partial charge on any atom is 0.337 e. The molecule has 158 valence electrons. The van der Waals surface area contributed by atoms with Gasteiger partial charge in [0.15, 0.2) is 17.3 Å². The summed E-state index contributed by atoms with van der Waals surface area (Å²) in [6, 6.07) is 13.0. The first-order valence-corrected chi connectivity index (χ1v) is 9.92. The molecule has 0 aliphatic carbocycles. The van der Waals surface area contributed by atoms with Crippen molar-refractivity contribution in [2.24, 2.45) is 0 Å². The molecule has 1 aliphatic heterocycles. The van der Waals surface area contributed by atoms with Gasteiger partial charge in [0.1, 0.15) is 5.82 Å². The number of hydrogen-bond donors (Lipinski definition) is 1. The Labute approximate surface area is 178 Å². The predicted octanol–water partition coefficient (Wildman–Crippen LogP) is 4.23. The maximum absolute atomic E-state index is 12.0. The second kappa shape index (κ2) is 6.87. The highest BCUT2D eigenvalue weighted by molar-refractivity contribution is 5.95. The third-order valence-electron chi connectivity index (χ3n) is 5.31. The van der Waals surface area contributed by atoms with Gasteiger partial charge in [0.2, 0.25) is 6.79 Å². The molecular weight excluding hydrogens is 396 g/mol. The number of fused-ring (bicyclic) bond motifs is 2. The van der Waals surface area contributed by atoms with Crippen LogP contribution in [-0.4, -0.2) is 39.6 Å². The Bertz CT molecular complexity index is 1310. The number of carbonyl (C=O) groups excluding carboxylic acids is 1. The van der Waals surface area contributed by atoms with Gasteiger partial charge in [-0.3, -0.25) is 9.67 Å². The van der Waals surface area contributed by atoms with E-state index in [2.05, 4.69) is 31.0 Å². The number of carbonyl (C=O) groups is 1. The number of hydrogen-bond acceptors (Lipinski definition) is 6. The topological polar surface area (TPSA) is 91.3 Å². The zero-order valence-electron chi connectivity index (χ0n) is 17.7. The van der Waals surface area contributed by atoms with Gasteiger partial charge < -0.3 is 14.2 Å². The van der Waals surface area contributed by atoms with Crippen molar-refractivity contribution in [2.75, 3.05) is 13.9 Å². The zero-order valence-corrected chi connectivity index (χ0v) is 17.7. The first-order chi connectivity index (χ1) is 14.8. The lowest BCUT2D eigenvalue weighted by Crippen LogP contribution is -2.11. The Morgan fingerprint density at radius 1 is 1.10 bits per heavy atom. The fourth-order valence-electron chi connectivity index (χ4n) is 3.60. The summed E-state index contributed by atoms with van der Waals surface area (Å²) in [5, 5.41) is 7.70. The minimum Gasteiger partial charge on any atom is -0.465 e. The van der Waals surface area contributed by atoms with Crippen molar-refractivity contribution in [3.63, 3.8) is 0 Å². The van der Waals surface area contributed by atoms with Crippen molar-refractivity contribution in [3.05, 3.63) is 53.7 Å². The van der Waals surface area contributed by atoms with Gasteiger partial charge in [-0.1, -0.05) is 20.8 Å². The van der Waals surface area contributed by atoms with E-state index < -0.39 is 5.97 Å². The fraction of sp³-hybridized carbons (Fsp3) is 0.261. The molecule has 0 bridgehead atoms. The number of aromatic amines is 1. The minimum atomic E-state index is -0.407. The Balaban J connectivity index is 1.74. The molecule has 0 unspecified atom stereocenters. The summed E-state index contributed by atoms with van der Waals surface area (Å²) in [6.07, 6.45) is 0. The lowest BCUT2D eigenvalue weighted by molar-refractivity contribution is 0.0601. The van der Waals surface area contributed by atoms with Crippen molar-refractivity contribution in [3.8, 4) is 28.7 Å². The number of nitrogens with one attached hydrogen (secondary N) is 1. The Hall–Kier alpha value is -3.81. The number of nitrogens with zero attached hydrogens (tertiary/aromatic N) is 3. The van der Waals surface area contributed by atoms with E-state index in [1.165, 1.54) is 7.11 Å². The number of rotatable bonds is 3. The van der Waals surface area contributed by atoms with Crippen LogP contribution in [0.4, 0.5) is 0 Å². The molecule has 8 heteroatoms. The Kier molecular flexibility index (Phi) is 4.25. The van der Waals surface area contributed by atoms with Crippen LogP contribution < -0.4 is 9.47 Å². The van der Waals surface area contributed by atoms with Crippen LogP contribution in [0.25, 0.3) is 28.2 Å². The van der Waals surface area contributed by atoms with Crippen molar-refractivity contribution in [2.45, 2.75) is 26.2 Å². The first kappa shape index (κ1) is 19.2. The average Bonchev–Trinajstić information content (AvgIpc) is 3.48. The van der Waals surface area contributed by atoms with Gasteiger partial charge in [-0.05, 0) is 36.4 Å². The van der Waals surface area contributed by atoms with Crippen LogP contribution in [0.3, 0.4) is 0 Å². The molecule has 0 saturated heterocycles. The van der Waals surface area contributed by atoms with Gasteiger partial charge >= 0.3 is 5.97 Å². The Morgan fingerprint density at radius 2 is 1.90 bits per heavy atom. The second-order valence-electron chi connectivity index (χ2n) is 8.42. The van der Waals surface area contributed by atoms with Crippen molar-refractivity contribution >= 4 is 17.0 Å². The lowest BCUT2D eigenvalue weighted by atomic mass is 9.92. The molecule has 2 aromatic carbocycles. The van der Waals surface area contributed by atoms with E-state index in [0.29, 0.717) is 34.2 Å². The number of methoxy groups -OCH3 is 1. The number of esters is 1. The normalized spacial score (nSPS) is 13.0. The molecular formula is C23H22N4O4. The monoisotopic (exact) mass is 418 g/mol. The number of aromatic nitrogens is 4. The summed E-state index contributed by atoms with van der Waals surface area (Å²) in [4.78, 5) is 16.9. The molecule has 1 N–H and O–H groups in total. The van der Waals surface area contributed by atoms with E-state index >= 15 is 0 Å². The molecule has 3 heterocycles. The average molecular weight is 418 g/mol. The molecule has 0 fully saturated rings. The van der Waals surface area contributed by atoms with Gasteiger partial charge in [0.05, 0.1) is 23.7 Å². The number of benzene rings is 2. The zero-order chi connectivity index (χ0) is 21.8. The molecule has 2 aromatic heterocycles. The van der Waals surface area contributed by atoms with E-state index in [-0.39, 0.29) is 12.2 Å². The predicted molar refractivity (Wildman–Crippen MR) is 115 cm³/mol. The van der Waals surface area contributed by atoms with Crippen LogP contribution >= 0.6 is 0 Å². The number of H-pyrrole nitrogens is 1. The highest BCUT2D eigenvalue weighted by Crippen LogP contribution is 2.37. The third-order valence-corrected chi connectivity index (χ3v) is 5.31. The highest BCUT2D eigenvalue weighted by Gasteiger charge is 2.23. The fourth-order valence-corrected chi connectivity index (χ4v) is 3.60. The summed E-state index contributed by atoms with van der Waals surface area (Å²) < 4.78 is 17.8. The molecule has 0 amide bonds. The quantitative estimate of drug-likeness (QED) is 0.501. The molecule has 5 rings (SSSR count). The van der Waals surface area contributed by atoms with E-state index in [0.717, 1.165) is 16.8 Å². The molecule has 0 atom stereocenters. The standard InChI is InChI=1S/C23H22N4O4/c1-23(2,3)19-11-20(26-25-19)27-16-7-5-14(22(28)29-4)9-15(16)24-21(27)13-6-8-17-18(10-13)31-12-30-17/h5-11H,12H2,1-4H3,(H,25,26). The highest BCUT2D eigenvalue weighted by atomic mass is 16.7. The van der Waals surface area contributed by atoms with Crippen LogP contribution in [0.2, 0.25) is 0 Å². The van der Waals surface area contributed by atoms with Crippen LogP contribution in [0, 0.1) is 0 Å². The molecule has 0 radical (unpaired) electrons. The van der Waals surface area contributed by atoms with Gasteiger partial charge in [0.25, 0.3) is 0 Å². The number of imidazole rings is 1. The van der Waals surface area contributed by atoms with E-state index in [9.17, 15) is 4.79 Å². The summed E-state index contributed by atoms with van der Waals surface area (Å²) in [6.45, 7) is 6.57. The SMILES string of the molecule is COC(=O)c1ccc2c(c1)nc(-c1ccc3c(c1)OCO3)n2-c1cc(C(C)(C)C)[nH]n1. The summed E-state index contributed by atoms with van der Waals surface area (Å²) in [7, 11) is 1.36. The van der Waals surface area contributed by atoms with E-state index in [1.54, 1.807) is 12.1 Å². The van der Waals surface area contributed by atoms with Crippen LogP contribution in [-0.2, 0) is 10.2 Å². The first-order valence-electron chi connectivity index (χ1n) is 9.92. The molecule has 31 heavy (non-hydrogen) atoms. The summed E-state index contributed by atoms with van der Waals surface area (Å²) in [5.41, 5.74) is 3.70. The summed E-state index contributed by atoms with van der Waals surface area (Å²) in [5.74, 6) is 2.36. The van der Waals surface area contributed by atoms with E-state index in [1.807, 2.05) is 34.9 Å². The minimum absolute atomic E-state index is 0.0847. The van der Waals surface area contributed by atoms with Crippen molar-refractivity contribution in [1.82, 2.24) is 19.7 Å². The molecule has 8 nitrogen and oxygen atoms in total. The van der Waals surface area contributed by atoms with Crippen molar-refractivity contribution in [1.29, 1.82) is 0 Å². The van der Waals surface area contributed by atoms with Crippen molar-refractivity contribution < 1.29 is 19.0 Å². The maximum atomic E-state index is 12.0. The third kappa shape index (κ3) is 3.20. The van der Waals surface area contributed by atoms with Gasteiger partial charge in [-0.15, -0.1) is 0 Å².